The van der Waals surface area contributed by atoms with Crippen LogP contribution in [0.3, 0.4) is 0 Å². The van der Waals surface area contributed by atoms with E-state index in [-0.39, 0.29) is 17.7 Å². The fourth-order valence-corrected chi connectivity index (χ4v) is 2.51. The maximum Gasteiger partial charge on any atom is 0.232 e. The van der Waals surface area contributed by atoms with Gasteiger partial charge in [0.2, 0.25) is 5.91 Å². The molecule has 1 amide bonds. The van der Waals surface area contributed by atoms with Crippen LogP contribution >= 0.6 is 0 Å². The van der Waals surface area contributed by atoms with Crippen molar-refractivity contribution < 1.29 is 9.21 Å². The van der Waals surface area contributed by atoms with Gasteiger partial charge in [-0.25, -0.2) is 4.98 Å². The molecule has 2 aromatic rings. The highest BCUT2D eigenvalue weighted by atomic mass is 16.4. The average Bonchev–Trinajstić information content (AvgIpc) is 2.88. The molecule has 0 bridgehead atoms. The Morgan fingerprint density at radius 1 is 1.29 bits per heavy atom. The summed E-state index contributed by atoms with van der Waals surface area (Å²) in [4.78, 5) is 16.9. The Bertz CT molecular complexity index is 711. The van der Waals surface area contributed by atoms with Gasteiger partial charge in [0.05, 0.1) is 12.1 Å². The molecule has 4 heteroatoms. The molecule has 0 spiro atoms. The summed E-state index contributed by atoms with van der Waals surface area (Å²) in [5.41, 5.74) is 2.66. The van der Waals surface area contributed by atoms with E-state index in [1.165, 1.54) is 0 Å². The molecule has 1 atom stereocenters. The van der Waals surface area contributed by atoms with Gasteiger partial charge in [-0.1, -0.05) is 52.8 Å². The molecule has 1 aromatic heterocycles. The number of aromatic nitrogens is 1. The molecule has 0 fully saturated rings. The number of nitrogens with zero attached hydrogens (tertiary/aromatic N) is 1. The molecular formula is C20H28N2O2. The highest BCUT2D eigenvalue weighted by Gasteiger charge is 2.23. The van der Waals surface area contributed by atoms with Gasteiger partial charge in [0.25, 0.3) is 0 Å². The number of anilines is 1. The van der Waals surface area contributed by atoms with Gasteiger partial charge >= 0.3 is 0 Å². The van der Waals surface area contributed by atoms with Crippen molar-refractivity contribution in [2.24, 2.45) is 0 Å². The first-order valence-corrected chi connectivity index (χ1v) is 8.58. The standard InChI is InChI=1S/C20H28N2O2/c1-7-13(2)15-10-8-9-11-16(15)22-18(23)12-17-14(3)21-19(24-17)20(4,5)6/h8-11,13H,7,12H2,1-6H3,(H,22,23). The molecule has 1 unspecified atom stereocenters. The van der Waals surface area contributed by atoms with Crippen LogP contribution in [0, 0.1) is 6.92 Å². The monoisotopic (exact) mass is 328 g/mol. The molecule has 2 rings (SSSR count). The van der Waals surface area contributed by atoms with Crippen molar-refractivity contribution in [1.29, 1.82) is 0 Å². The summed E-state index contributed by atoms with van der Waals surface area (Å²) in [5.74, 6) is 1.63. The van der Waals surface area contributed by atoms with E-state index >= 15 is 0 Å². The Hall–Kier alpha value is -2.10. The third-order valence-corrected chi connectivity index (χ3v) is 4.23. The topological polar surface area (TPSA) is 55.1 Å². The lowest BCUT2D eigenvalue weighted by molar-refractivity contribution is -0.115. The molecule has 130 valence electrons. The fraction of sp³-hybridized carbons (Fsp3) is 0.500. The van der Waals surface area contributed by atoms with E-state index in [9.17, 15) is 4.79 Å². The summed E-state index contributed by atoms with van der Waals surface area (Å²) in [5, 5.41) is 3.02. The number of hydrogen-bond acceptors (Lipinski definition) is 3. The number of carbonyl (C=O) groups is 1. The Morgan fingerprint density at radius 2 is 1.96 bits per heavy atom. The van der Waals surface area contributed by atoms with Crippen molar-refractivity contribution in [1.82, 2.24) is 4.98 Å². The van der Waals surface area contributed by atoms with E-state index in [2.05, 4.69) is 30.2 Å². The average molecular weight is 328 g/mol. The van der Waals surface area contributed by atoms with Crippen LogP contribution in [0.4, 0.5) is 5.69 Å². The quantitative estimate of drug-likeness (QED) is 0.842. The van der Waals surface area contributed by atoms with Gasteiger partial charge < -0.3 is 9.73 Å². The van der Waals surface area contributed by atoms with E-state index in [0.29, 0.717) is 17.6 Å². The van der Waals surface area contributed by atoms with Crippen molar-refractivity contribution in [3.05, 3.63) is 47.2 Å². The maximum absolute atomic E-state index is 12.5. The van der Waals surface area contributed by atoms with Gasteiger partial charge in [0.15, 0.2) is 5.89 Å². The molecule has 1 heterocycles. The summed E-state index contributed by atoms with van der Waals surface area (Å²) in [6, 6.07) is 7.97. The number of carbonyl (C=O) groups excluding carboxylic acids is 1. The van der Waals surface area contributed by atoms with Crippen LogP contribution in [0.25, 0.3) is 0 Å². The molecule has 0 aliphatic heterocycles. The van der Waals surface area contributed by atoms with E-state index < -0.39 is 0 Å². The number of benzene rings is 1. The Balaban J connectivity index is 2.14. The second-order valence-corrected chi connectivity index (χ2v) is 7.40. The lowest BCUT2D eigenvalue weighted by atomic mass is 9.97. The molecule has 0 saturated carbocycles. The van der Waals surface area contributed by atoms with Crippen molar-refractivity contribution in [3.8, 4) is 0 Å². The van der Waals surface area contributed by atoms with E-state index in [1.54, 1.807) is 0 Å². The van der Waals surface area contributed by atoms with Gasteiger partial charge in [0, 0.05) is 11.1 Å². The van der Waals surface area contributed by atoms with Gasteiger partial charge in [0.1, 0.15) is 5.76 Å². The minimum Gasteiger partial charge on any atom is -0.444 e. The molecule has 0 aliphatic rings. The molecular weight excluding hydrogens is 300 g/mol. The first-order chi connectivity index (χ1) is 11.2. The highest BCUT2D eigenvalue weighted by molar-refractivity contribution is 5.92. The lowest BCUT2D eigenvalue weighted by Crippen LogP contribution is -2.16. The minimum absolute atomic E-state index is 0.0783. The van der Waals surface area contributed by atoms with Crippen molar-refractivity contribution in [2.75, 3.05) is 5.32 Å². The normalized spacial score (nSPS) is 12.9. The Labute approximate surface area is 144 Å². The zero-order chi connectivity index (χ0) is 17.9. The number of oxazole rings is 1. The molecule has 0 radical (unpaired) electrons. The zero-order valence-electron chi connectivity index (χ0n) is 15.6. The summed E-state index contributed by atoms with van der Waals surface area (Å²) in [6.07, 6.45) is 1.23. The molecule has 4 nitrogen and oxygen atoms in total. The fourth-order valence-electron chi connectivity index (χ4n) is 2.51. The van der Waals surface area contributed by atoms with Crippen molar-refractivity contribution in [3.63, 3.8) is 0 Å². The van der Waals surface area contributed by atoms with Crippen molar-refractivity contribution in [2.45, 2.75) is 65.7 Å². The summed E-state index contributed by atoms with van der Waals surface area (Å²) in [7, 11) is 0. The molecule has 24 heavy (non-hydrogen) atoms. The lowest BCUT2D eigenvalue weighted by Gasteiger charge is -2.15. The van der Waals surface area contributed by atoms with Crippen LogP contribution in [0.1, 0.15) is 69.9 Å². The number of amides is 1. The maximum atomic E-state index is 12.5. The predicted octanol–water partition coefficient (Wildman–Crippen LogP) is 4.98. The smallest absolute Gasteiger partial charge is 0.232 e. The Kier molecular flexibility index (Phi) is 5.47. The minimum atomic E-state index is -0.164. The third-order valence-electron chi connectivity index (χ3n) is 4.23. The highest BCUT2D eigenvalue weighted by Crippen LogP contribution is 2.27. The molecule has 0 saturated heterocycles. The number of rotatable bonds is 5. The van der Waals surface area contributed by atoms with E-state index in [4.69, 9.17) is 4.42 Å². The van der Waals surface area contributed by atoms with Crippen LogP contribution in [0.2, 0.25) is 0 Å². The van der Waals surface area contributed by atoms with Crippen LogP contribution in [0.5, 0.6) is 0 Å². The SMILES string of the molecule is CCC(C)c1ccccc1NC(=O)Cc1oc(C(C)(C)C)nc1C. The second-order valence-electron chi connectivity index (χ2n) is 7.40. The van der Waals surface area contributed by atoms with Crippen LogP contribution < -0.4 is 5.32 Å². The predicted molar refractivity (Wildman–Crippen MR) is 97.4 cm³/mol. The third kappa shape index (κ3) is 4.25. The van der Waals surface area contributed by atoms with E-state index in [0.717, 1.165) is 23.4 Å². The van der Waals surface area contributed by atoms with Crippen LogP contribution in [0.15, 0.2) is 28.7 Å². The van der Waals surface area contributed by atoms with Crippen LogP contribution in [-0.4, -0.2) is 10.9 Å². The van der Waals surface area contributed by atoms with Crippen LogP contribution in [-0.2, 0) is 16.6 Å². The van der Waals surface area contributed by atoms with Crippen molar-refractivity contribution >= 4 is 11.6 Å². The number of para-hydroxylation sites is 1. The van der Waals surface area contributed by atoms with Gasteiger partial charge in [-0.05, 0) is 30.9 Å². The molecule has 1 aromatic carbocycles. The van der Waals surface area contributed by atoms with Gasteiger partial charge in [-0.2, -0.15) is 0 Å². The largest absolute Gasteiger partial charge is 0.444 e. The first kappa shape index (κ1) is 18.2. The summed E-state index contributed by atoms with van der Waals surface area (Å²) in [6.45, 7) is 12.3. The number of aryl methyl sites for hydroxylation is 1. The number of hydrogen-bond donors (Lipinski definition) is 1. The number of nitrogens with one attached hydrogen (secondary N) is 1. The summed E-state index contributed by atoms with van der Waals surface area (Å²) >= 11 is 0. The van der Waals surface area contributed by atoms with Gasteiger partial charge in [-0.3, -0.25) is 4.79 Å². The Morgan fingerprint density at radius 3 is 2.54 bits per heavy atom. The van der Waals surface area contributed by atoms with E-state index in [1.807, 2.05) is 45.9 Å². The summed E-state index contributed by atoms with van der Waals surface area (Å²) < 4.78 is 5.81. The zero-order valence-corrected chi connectivity index (χ0v) is 15.6. The first-order valence-electron chi connectivity index (χ1n) is 8.58. The molecule has 1 N–H and O–H groups in total. The second kappa shape index (κ2) is 7.20. The van der Waals surface area contributed by atoms with Gasteiger partial charge in [-0.15, -0.1) is 0 Å². The molecule has 0 aliphatic carbocycles.